The predicted octanol–water partition coefficient (Wildman–Crippen LogP) is 2.62. The number of carbonyl (C=O) groups is 2. The zero-order chi connectivity index (χ0) is 14.7. The minimum absolute atomic E-state index is 0.0239. The summed E-state index contributed by atoms with van der Waals surface area (Å²) in [4.78, 5) is 23.2. The number of aromatic nitrogens is 1. The van der Waals surface area contributed by atoms with E-state index in [4.69, 9.17) is 0 Å². The Morgan fingerprint density at radius 2 is 2.20 bits per heavy atom. The molecule has 0 unspecified atom stereocenters. The maximum absolute atomic E-state index is 13.7. The topological polar surface area (TPSA) is 81.4 Å². The molecule has 1 aromatic carbocycles. The van der Waals surface area contributed by atoms with Crippen molar-refractivity contribution in [3.63, 3.8) is 0 Å². The van der Waals surface area contributed by atoms with Crippen molar-refractivity contribution in [3.8, 4) is 0 Å². The molecule has 0 spiro atoms. The molecule has 1 heterocycles. The van der Waals surface area contributed by atoms with Gasteiger partial charge in [0.05, 0.1) is 17.1 Å². The number of nitrogens with one attached hydrogen (secondary N) is 1. The Bertz CT molecular complexity index is 658. The average Bonchev–Trinajstić information content (AvgIpc) is 2.96. The van der Waals surface area contributed by atoms with Gasteiger partial charge in [-0.05, 0) is 28.1 Å². The number of amides is 1. The van der Waals surface area contributed by atoms with Crippen LogP contribution in [0.3, 0.4) is 0 Å². The molecule has 104 valence electrons. The average molecular weight is 343 g/mol. The number of hydrogen-bond acceptors (Lipinski definition) is 5. The van der Waals surface area contributed by atoms with Crippen molar-refractivity contribution < 1.29 is 23.2 Å². The number of rotatable bonds is 3. The smallest absolute Gasteiger partial charge is 0.340 e. The fourth-order valence-corrected chi connectivity index (χ4v) is 1.90. The van der Waals surface area contributed by atoms with Crippen molar-refractivity contribution in [2.45, 2.75) is 0 Å². The summed E-state index contributed by atoms with van der Waals surface area (Å²) < 4.78 is 22.8. The maximum atomic E-state index is 13.7. The van der Waals surface area contributed by atoms with E-state index >= 15 is 0 Å². The molecule has 1 amide bonds. The number of esters is 1. The second kappa shape index (κ2) is 5.83. The number of carbonyl (C=O) groups excluding carboxylic acids is 2. The number of hydrogen-bond donors (Lipinski definition) is 1. The molecule has 2 rings (SSSR count). The van der Waals surface area contributed by atoms with Crippen LogP contribution in [0.25, 0.3) is 0 Å². The molecule has 0 radical (unpaired) electrons. The second-order valence-electron chi connectivity index (χ2n) is 3.65. The van der Waals surface area contributed by atoms with Crippen molar-refractivity contribution in [1.82, 2.24) is 5.16 Å². The number of benzene rings is 1. The van der Waals surface area contributed by atoms with Crippen molar-refractivity contribution in [3.05, 3.63) is 46.0 Å². The van der Waals surface area contributed by atoms with Gasteiger partial charge in [0, 0.05) is 11.8 Å². The molecule has 0 aliphatic heterocycles. The van der Waals surface area contributed by atoms with Crippen molar-refractivity contribution >= 4 is 33.5 Å². The minimum Gasteiger partial charge on any atom is -0.465 e. The minimum atomic E-state index is -0.847. The predicted molar refractivity (Wildman–Crippen MR) is 69.9 cm³/mol. The first-order valence-corrected chi connectivity index (χ1v) is 6.11. The van der Waals surface area contributed by atoms with Gasteiger partial charge < -0.3 is 14.6 Å². The van der Waals surface area contributed by atoms with Gasteiger partial charge in [0.15, 0.2) is 11.5 Å². The molecule has 0 saturated heterocycles. The molecular weight excluding hydrogens is 335 g/mol. The lowest BCUT2D eigenvalue weighted by Crippen LogP contribution is -2.14. The third-order valence-corrected chi connectivity index (χ3v) is 2.94. The highest BCUT2D eigenvalue weighted by Crippen LogP contribution is 2.25. The number of halogens is 2. The fourth-order valence-electron chi connectivity index (χ4n) is 1.44. The van der Waals surface area contributed by atoms with Gasteiger partial charge in [0.25, 0.3) is 5.91 Å². The van der Waals surface area contributed by atoms with E-state index in [1.54, 1.807) is 0 Å². The van der Waals surface area contributed by atoms with E-state index in [1.165, 1.54) is 24.5 Å². The summed E-state index contributed by atoms with van der Waals surface area (Å²) in [5.41, 5.74) is -0.0194. The highest BCUT2D eigenvalue weighted by atomic mass is 79.9. The van der Waals surface area contributed by atoms with E-state index in [0.717, 1.165) is 7.11 Å². The molecule has 20 heavy (non-hydrogen) atoms. The lowest BCUT2D eigenvalue weighted by Gasteiger charge is -2.08. The Hall–Kier alpha value is -2.22. The van der Waals surface area contributed by atoms with Gasteiger partial charge in [0.1, 0.15) is 6.26 Å². The van der Waals surface area contributed by atoms with E-state index in [2.05, 4.69) is 35.7 Å². The number of nitrogens with zero attached hydrogens (tertiary/aromatic N) is 1. The lowest BCUT2D eigenvalue weighted by molar-refractivity contribution is 0.0595. The Morgan fingerprint density at radius 3 is 2.80 bits per heavy atom. The molecule has 6 nitrogen and oxygen atoms in total. The molecule has 0 atom stereocenters. The van der Waals surface area contributed by atoms with Gasteiger partial charge >= 0.3 is 5.97 Å². The zero-order valence-corrected chi connectivity index (χ0v) is 11.7. The largest absolute Gasteiger partial charge is 0.465 e. The van der Waals surface area contributed by atoms with Gasteiger partial charge in [-0.1, -0.05) is 5.16 Å². The summed E-state index contributed by atoms with van der Waals surface area (Å²) in [5, 5.41) is 5.93. The standard InChI is InChI=1S/C12H8BrFN2O4/c1-19-12(18)7-4-6(5-8(13)10(7)14)15-11(17)9-2-3-20-16-9/h2-5H,1H3,(H,15,17). The van der Waals surface area contributed by atoms with Crippen LogP contribution in [0, 0.1) is 5.82 Å². The first-order chi connectivity index (χ1) is 9.52. The zero-order valence-electron chi connectivity index (χ0n) is 10.1. The van der Waals surface area contributed by atoms with Crippen molar-refractivity contribution in [2.75, 3.05) is 12.4 Å². The van der Waals surface area contributed by atoms with E-state index in [0.29, 0.717) is 0 Å². The fraction of sp³-hybridized carbons (Fsp3) is 0.0833. The van der Waals surface area contributed by atoms with Crippen LogP contribution in [-0.4, -0.2) is 24.1 Å². The van der Waals surface area contributed by atoms with Crippen LogP contribution in [0.4, 0.5) is 10.1 Å². The normalized spacial score (nSPS) is 10.2. The summed E-state index contributed by atoms with van der Waals surface area (Å²) in [7, 11) is 1.14. The first kappa shape index (κ1) is 14.2. The highest BCUT2D eigenvalue weighted by molar-refractivity contribution is 9.10. The van der Waals surface area contributed by atoms with Gasteiger partial charge in [0.2, 0.25) is 0 Å². The van der Waals surface area contributed by atoms with E-state index in [9.17, 15) is 14.0 Å². The van der Waals surface area contributed by atoms with Gasteiger partial charge in [-0.3, -0.25) is 4.79 Å². The molecule has 0 fully saturated rings. The van der Waals surface area contributed by atoms with E-state index in [-0.39, 0.29) is 21.4 Å². The summed E-state index contributed by atoms with van der Waals surface area (Å²) in [6.07, 6.45) is 1.25. The van der Waals surface area contributed by atoms with E-state index < -0.39 is 17.7 Å². The highest BCUT2D eigenvalue weighted by Gasteiger charge is 2.18. The Labute approximate surface area is 121 Å². The third-order valence-electron chi connectivity index (χ3n) is 2.36. The molecule has 1 aromatic heterocycles. The summed E-state index contributed by atoms with van der Waals surface area (Å²) in [6, 6.07) is 3.86. The van der Waals surface area contributed by atoms with Crippen LogP contribution in [0.15, 0.2) is 33.5 Å². The van der Waals surface area contributed by atoms with Crippen LogP contribution in [0.1, 0.15) is 20.8 Å². The van der Waals surface area contributed by atoms with Crippen molar-refractivity contribution in [2.24, 2.45) is 0 Å². The Morgan fingerprint density at radius 1 is 1.45 bits per heavy atom. The first-order valence-electron chi connectivity index (χ1n) is 5.32. The molecule has 0 saturated carbocycles. The number of anilines is 1. The third kappa shape index (κ3) is 2.85. The number of ether oxygens (including phenoxy) is 1. The van der Waals surface area contributed by atoms with E-state index in [1.807, 2.05) is 0 Å². The monoisotopic (exact) mass is 342 g/mol. The molecule has 1 N–H and O–H groups in total. The van der Waals surface area contributed by atoms with Crippen LogP contribution < -0.4 is 5.32 Å². The molecule has 0 aliphatic rings. The van der Waals surface area contributed by atoms with Crippen LogP contribution in [0.2, 0.25) is 0 Å². The van der Waals surface area contributed by atoms with Crippen LogP contribution >= 0.6 is 15.9 Å². The Balaban J connectivity index is 2.31. The SMILES string of the molecule is COC(=O)c1cc(NC(=O)c2ccon2)cc(Br)c1F. The number of methoxy groups -OCH3 is 1. The molecule has 8 heteroatoms. The van der Waals surface area contributed by atoms with Crippen LogP contribution in [-0.2, 0) is 4.74 Å². The van der Waals surface area contributed by atoms with Crippen LogP contribution in [0.5, 0.6) is 0 Å². The summed E-state index contributed by atoms with van der Waals surface area (Å²) in [5.74, 6) is -2.16. The quantitative estimate of drug-likeness (QED) is 0.867. The molecular formula is C12H8BrFN2O4. The summed E-state index contributed by atoms with van der Waals surface area (Å²) >= 11 is 2.96. The molecule has 2 aromatic rings. The second-order valence-corrected chi connectivity index (χ2v) is 4.50. The molecule has 0 aliphatic carbocycles. The van der Waals surface area contributed by atoms with Gasteiger partial charge in [-0.25, -0.2) is 9.18 Å². The Kier molecular flexibility index (Phi) is 4.14. The van der Waals surface area contributed by atoms with Gasteiger partial charge in [-0.2, -0.15) is 0 Å². The maximum Gasteiger partial charge on any atom is 0.340 e. The van der Waals surface area contributed by atoms with Crippen molar-refractivity contribution in [1.29, 1.82) is 0 Å². The summed E-state index contributed by atoms with van der Waals surface area (Å²) in [6.45, 7) is 0. The van der Waals surface area contributed by atoms with Gasteiger partial charge in [-0.15, -0.1) is 0 Å². The lowest BCUT2D eigenvalue weighted by atomic mass is 10.2. The molecule has 0 bridgehead atoms.